The number of anilines is 1. The molecule has 0 bridgehead atoms. The lowest BCUT2D eigenvalue weighted by Gasteiger charge is -2.12. The Morgan fingerprint density at radius 2 is 2.21 bits per heavy atom. The molecule has 0 radical (unpaired) electrons. The van der Waals surface area contributed by atoms with Crippen molar-refractivity contribution >= 4 is 21.7 Å². The molecule has 2 aromatic heterocycles. The van der Waals surface area contributed by atoms with Crippen LogP contribution in [0.4, 0.5) is 5.82 Å². The van der Waals surface area contributed by atoms with Crippen molar-refractivity contribution < 1.29 is 4.74 Å². The molecule has 7 heteroatoms. The van der Waals surface area contributed by atoms with E-state index in [1.165, 1.54) is 6.33 Å². The van der Waals surface area contributed by atoms with E-state index in [9.17, 15) is 0 Å². The minimum absolute atomic E-state index is 0.490. The van der Waals surface area contributed by atoms with Crippen molar-refractivity contribution in [2.75, 3.05) is 5.43 Å². The zero-order valence-corrected chi connectivity index (χ0v) is 12.0. The Morgan fingerprint density at radius 3 is 2.89 bits per heavy atom. The number of hydrogen-bond acceptors (Lipinski definition) is 6. The molecule has 2 heterocycles. The Bertz CT molecular complexity index is 564. The highest BCUT2D eigenvalue weighted by atomic mass is 79.9. The maximum atomic E-state index is 5.75. The van der Waals surface area contributed by atoms with Crippen LogP contribution in [-0.4, -0.2) is 15.0 Å². The van der Waals surface area contributed by atoms with E-state index in [2.05, 4.69) is 43.2 Å². The van der Waals surface area contributed by atoms with Crippen LogP contribution in [0.5, 0.6) is 11.6 Å². The van der Waals surface area contributed by atoms with Gasteiger partial charge in [-0.15, -0.1) is 0 Å². The van der Waals surface area contributed by atoms with Crippen molar-refractivity contribution in [3.8, 4) is 11.6 Å². The first-order valence-corrected chi connectivity index (χ1v) is 6.62. The molecule has 0 aliphatic heterocycles. The minimum Gasteiger partial charge on any atom is -0.437 e. The SMILES string of the molecule is CCCc1c(NN)ncnc1Oc1cncc(Br)c1. The summed E-state index contributed by atoms with van der Waals surface area (Å²) in [6.45, 7) is 2.07. The first kappa shape index (κ1) is 13.7. The lowest BCUT2D eigenvalue weighted by atomic mass is 10.2. The van der Waals surface area contributed by atoms with Crippen molar-refractivity contribution in [3.05, 3.63) is 34.8 Å². The summed E-state index contributed by atoms with van der Waals surface area (Å²) in [5, 5.41) is 0. The second-order valence-electron chi connectivity index (χ2n) is 3.84. The standard InChI is InChI=1S/C12H14BrN5O/c1-2-3-10-11(18-14)16-7-17-12(10)19-9-4-8(13)5-15-6-9/h4-7H,2-3,14H2,1H3,(H,16,17,18). The highest BCUT2D eigenvalue weighted by molar-refractivity contribution is 9.10. The van der Waals surface area contributed by atoms with Crippen molar-refractivity contribution in [2.24, 2.45) is 5.84 Å². The molecule has 0 atom stereocenters. The van der Waals surface area contributed by atoms with Crippen LogP contribution in [0.2, 0.25) is 0 Å². The smallest absolute Gasteiger partial charge is 0.227 e. The van der Waals surface area contributed by atoms with E-state index in [-0.39, 0.29) is 0 Å². The minimum atomic E-state index is 0.490. The quantitative estimate of drug-likeness (QED) is 0.650. The second kappa shape index (κ2) is 6.44. The molecule has 0 spiro atoms. The van der Waals surface area contributed by atoms with Gasteiger partial charge < -0.3 is 10.2 Å². The van der Waals surface area contributed by atoms with Gasteiger partial charge in [0.05, 0.1) is 11.8 Å². The topological polar surface area (TPSA) is 86.0 Å². The lowest BCUT2D eigenvalue weighted by molar-refractivity contribution is 0.452. The molecule has 3 N–H and O–H groups in total. The summed E-state index contributed by atoms with van der Waals surface area (Å²) in [5.41, 5.74) is 3.42. The van der Waals surface area contributed by atoms with Crippen LogP contribution in [0.3, 0.4) is 0 Å². The first-order chi connectivity index (χ1) is 9.24. The molecular formula is C12H14BrN5O. The van der Waals surface area contributed by atoms with Crippen LogP contribution < -0.4 is 16.0 Å². The number of nitrogens with zero attached hydrogens (tertiary/aromatic N) is 3. The molecule has 6 nitrogen and oxygen atoms in total. The average Bonchev–Trinajstić information content (AvgIpc) is 2.41. The summed E-state index contributed by atoms with van der Waals surface area (Å²) in [7, 11) is 0. The summed E-state index contributed by atoms with van der Waals surface area (Å²) in [4.78, 5) is 12.3. The van der Waals surface area contributed by atoms with Gasteiger partial charge in [0.1, 0.15) is 17.9 Å². The molecule has 0 aromatic carbocycles. The predicted molar refractivity (Wildman–Crippen MR) is 75.8 cm³/mol. The van der Waals surface area contributed by atoms with E-state index >= 15 is 0 Å². The van der Waals surface area contributed by atoms with Gasteiger partial charge in [-0.05, 0) is 28.4 Å². The molecule has 0 aliphatic carbocycles. The Morgan fingerprint density at radius 1 is 1.37 bits per heavy atom. The van der Waals surface area contributed by atoms with Gasteiger partial charge in [-0.25, -0.2) is 15.8 Å². The van der Waals surface area contributed by atoms with E-state index in [1.807, 2.05) is 6.07 Å². The Labute approximate surface area is 119 Å². The highest BCUT2D eigenvalue weighted by Gasteiger charge is 2.12. The summed E-state index contributed by atoms with van der Waals surface area (Å²) < 4.78 is 6.59. The molecule has 19 heavy (non-hydrogen) atoms. The second-order valence-corrected chi connectivity index (χ2v) is 4.76. The van der Waals surface area contributed by atoms with Crippen LogP contribution in [-0.2, 0) is 6.42 Å². The number of hydrazine groups is 1. The van der Waals surface area contributed by atoms with Gasteiger partial charge in [-0.3, -0.25) is 4.98 Å². The molecular weight excluding hydrogens is 310 g/mol. The normalized spacial score (nSPS) is 10.3. The number of nitrogens with one attached hydrogen (secondary N) is 1. The van der Waals surface area contributed by atoms with E-state index in [0.717, 1.165) is 22.9 Å². The number of pyridine rings is 1. The Hall–Kier alpha value is -1.73. The predicted octanol–water partition coefficient (Wildman–Crippen LogP) is 2.66. The maximum absolute atomic E-state index is 5.75. The summed E-state index contributed by atoms with van der Waals surface area (Å²) >= 11 is 3.35. The van der Waals surface area contributed by atoms with E-state index in [1.54, 1.807) is 12.4 Å². The van der Waals surface area contributed by atoms with E-state index in [4.69, 9.17) is 10.6 Å². The van der Waals surface area contributed by atoms with Gasteiger partial charge in [-0.1, -0.05) is 13.3 Å². The zero-order chi connectivity index (χ0) is 13.7. The number of ether oxygens (including phenoxy) is 1. The summed E-state index contributed by atoms with van der Waals surface area (Å²) in [6, 6.07) is 1.82. The largest absolute Gasteiger partial charge is 0.437 e. The summed E-state index contributed by atoms with van der Waals surface area (Å²) in [6.07, 6.45) is 6.44. The number of aromatic nitrogens is 3. The van der Waals surface area contributed by atoms with Crippen molar-refractivity contribution in [3.63, 3.8) is 0 Å². The molecule has 0 amide bonds. The molecule has 100 valence electrons. The van der Waals surface area contributed by atoms with Crippen LogP contribution in [0.15, 0.2) is 29.3 Å². The van der Waals surface area contributed by atoms with Crippen molar-refractivity contribution in [1.82, 2.24) is 15.0 Å². The Balaban J connectivity index is 2.33. The lowest BCUT2D eigenvalue weighted by Crippen LogP contribution is -2.12. The number of nitrogens with two attached hydrogens (primary N) is 1. The van der Waals surface area contributed by atoms with E-state index < -0.39 is 0 Å². The number of nitrogen functional groups attached to an aromatic ring is 1. The fourth-order valence-electron chi connectivity index (χ4n) is 1.64. The van der Waals surface area contributed by atoms with E-state index in [0.29, 0.717) is 17.4 Å². The molecule has 2 rings (SSSR count). The third kappa shape index (κ3) is 3.39. The molecule has 0 saturated carbocycles. The van der Waals surface area contributed by atoms with Gasteiger partial charge in [0.25, 0.3) is 0 Å². The molecule has 0 aliphatic rings. The van der Waals surface area contributed by atoms with Crippen molar-refractivity contribution in [2.45, 2.75) is 19.8 Å². The molecule has 0 unspecified atom stereocenters. The van der Waals surface area contributed by atoms with Gasteiger partial charge in [-0.2, -0.15) is 0 Å². The van der Waals surface area contributed by atoms with Gasteiger partial charge in [0.2, 0.25) is 5.88 Å². The molecule has 2 aromatic rings. The number of halogens is 1. The van der Waals surface area contributed by atoms with Crippen LogP contribution in [0.25, 0.3) is 0 Å². The Kier molecular flexibility index (Phi) is 4.64. The van der Waals surface area contributed by atoms with Crippen LogP contribution >= 0.6 is 15.9 Å². The van der Waals surface area contributed by atoms with Gasteiger partial charge in [0.15, 0.2) is 0 Å². The molecule has 0 saturated heterocycles. The zero-order valence-electron chi connectivity index (χ0n) is 10.4. The van der Waals surface area contributed by atoms with Crippen LogP contribution in [0, 0.1) is 0 Å². The number of hydrogen-bond donors (Lipinski definition) is 2. The van der Waals surface area contributed by atoms with Gasteiger partial charge >= 0.3 is 0 Å². The van der Waals surface area contributed by atoms with Gasteiger partial charge in [0, 0.05) is 10.7 Å². The maximum Gasteiger partial charge on any atom is 0.227 e. The summed E-state index contributed by atoms with van der Waals surface area (Å²) in [5.74, 6) is 7.13. The number of rotatable bonds is 5. The van der Waals surface area contributed by atoms with Crippen molar-refractivity contribution in [1.29, 1.82) is 0 Å². The fraction of sp³-hybridized carbons (Fsp3) is 0.250. The highest BCUT2D eigenvalue weighted by Crippen LogP contribution is 2.28. The molecule has 0 fully saturated rings. The third-order valence-electron chi connectivity index (χ3n) is 2.44. The third-order valence-corrected chi connectivity index (χ3v) is 2.87. The van der Waals surface area contributed by atoms with Crippen LogP contribution in [0.1, 0.15) is 18.9 Å². The average molecular weight is 324 g/mol. The first-order valence-electron chi connectivity index (χ1n) is 5.83. The fourth-order valence-corrected chi connectivity index (χ4v) is 1.99. The monoisotopic (exact) mass is 323 g/mol.